The second-order valence-electron chi connectivity index (χ2n) is 10.3. The van der Waals surface area contributed by atoms with E-state index in [0.29, 0.717) is 22.7 Å². The molecule has 4 aromatic rings. The van der Waals surface area contributed by atoms with Crippen LogP contribution in [0.2, 0.25) is 0 Å². The Balaban J connectivity index is 0.000000211. The van der Waals surface area contributed by atoms with Gasteiger partial charge in [-0.3, -0.25) is 0 Å². The number of aromatic hydroxyl groups is 4. The first kappa shape index (κ1) is 27.9. The molecule has 0 aliphatic heterocycles. The van der Waals surface area contributed by atoms with E-state index >= 15 is 0 Å². The van der Waals surface area contributed by atoms with Gasteiger partial charge in [0.15, 0.2) is 0 Å². The highest BCUT2D eigenvalue weighted by Crippen LogP contribution is 2.38. The van der Waals surface area contributed by atoms with Crippen molar-refractivity contribution in [2.24, 2.45) is 0 Å². The summed E-state index contributed by atoms with van der Waals surface area (Å²) in [6, 6.07) is 20.6. The quantitative estimate of drug-likeness (QED) is 0.135. The fourth-order valence-electron chi connectivity index (χ4n) is 4.11. The predicted octanol–water partition coefficient (Wildman–Crippen LogP) is 5.18. The summed E-state index contributed by atoms with van der Waals surface area (Å²) in [6.45, 7) is 8.13. The van der Waals surface area contributed by atoms with E-state index in [-0.39, 0.29) is 33.8 Å². The molecule has 38 heavy (non-hydrogen) atoms. The lowest BCUT2D eigenvalue weighted by Crippen LogP contribution is -2.19. The third kappa shape index (κ3) is 5.64. The van der Waals surface area contributed by atoms with Crippen molar-refractivity contribution in [1.29, 1.82) is 0 Å². The third-order valence-corrected chi connectivity index (χ3v) is 7.00. The van der Waals surface area contributed by atoms with Crippen LogP contribution in [-0.2, 0) is 10.8 Å². The molecule has 0 aliphatic rings. The van der Waals surface area contributed by atoms with Crippen molar-refractivity contribution in [3.8, 4) is 23.0 Å². The van der Waals surface area contributed by atoms with Crippen LogP contribution in [0.4, 0.5) is 22.7 Å². The summed E-state index contributed by atoms with van der Waals surface area (Å²) in [6.07, 6.45) is 0. The van der Waals surface area contributed by atoms with Gasteiger partial charge in [-0.15, -0.1) is 0 Å². The van der Waals surface area contributed by atoms with E-state index in [2.05, 4.69) is 0 Å². The van der Waals surface area contributed by atoms with Gasteiger partial charge >= 0.3 is 0 Å². The Morgan fingerprint density at radius 2 is 0.579 bits per heavy atom. The van der Waals surface area contributed by atoms with Gasteiger partial charge < -0.3 is 43.4 Å². The van der Waals surface area contributed by atoms with Gasteiger partial charge in [0.25, 0.3) is 0 Å². The van der Waals surface area contributed by atoms with Crippen LogP contribution in [0.25, 0.3) is 0 Å². The SMILES string of the molecule is CC(C)(c1ccc(O)c(N)c1)c1ccc(O)c(N)c1.CC(C)(c1ccc(O)c(N)c1)c1ccc(O)c(N)c1. The lowest BCUT2D eigenvalue weighted by atomic mass is 9.78. The Morgan fingerprint density at radius 3 is 0.737 bits per heavy atom. The maximum atomic E-state index is 9.48. The fraction of sp³-hybridized carbons (Fsp3) is 0.200. The average molecular weight is 517 g/mol. The highest BCUT2D eigenvalue weighted by atomic mass is 16.3. The molecule has 4 aromatic carbocycles. The minimum atomic E-state index is -0.330. The van der Waals surface area contributed by atoms with Gasteiger partial charge in [-0.05, 0) is 70.8 Å². The Hall–Kier alpha value is -4.72. The molecule has 12 N–H and O–H groups in total. The van der Waals surface area contributed by atoms with Crippen LogP contribution in [0, 0.1) is 0 Å². The van der Waals surface area contributed by atoms with Gasteiger partial charge in [0.05, 0.1) is 22.7 Å². The van der Waals surface area contributed by atoms with Crippen molar-refractivity contribution in [2.75, 3.05) is 22.9 Å². The molecule has 0 saturated heterocycles. The minimum Gasteiger partial charge on any atom is -0.506 e. The summed E-state index contributed by atoms with van der Waals surface area (Å²) in [4.78, 5) is 0. The normalized spacial score (nSPS) is 11.5. The number of hydrogen-bond donors (Lipinski definition) is 8. The second-order valence-corrected chi connectivity index (χ2v) is 10.3. The van der Waals surface area contributed by atoms with Crippen molar-refractivity contribution in [1.82, 2.24) is 0 Å². The lowest BCUT2D eigenvalue weighted by Gasteiger charge is -2.27. The van der Waals surface area contributed by atoms with Crippen LogP contribution < -0.4 is 22.9 Å². The highest BCUT2D eigenvalue weighted by Gasteiger charge is 2.25. The van der Waals surface area contributed by atoms with Crippen molar-refractivity contribution >= 4 is 22.7 Å². The molecular formula is C30H36N4O4. The van der Waals surface area contributed by atoms with Gasteiger partial charge in [-0.2, -0.15) is 0 Å². The molecule has 0 aliphatic carbocycles. The Kier molecular flexibility index (Phi) is 7.58. The van der Waals surface area contributed by atoms with Crippen molar-refractivity contribution in [3.05, 3.63) is 95.1 Å². The Bertz CT molecular complexity index is 1250. The number of rotatable bonds is 4. The van der Waals surface area contributed by atoms with Crippen LogP contribution in [0.5, 0.6) is 23.0 Å². The van der Waals surface area contributed by atoms with E-state index in [1.54, 1.807) is 48.5 Å². The topological polar surface area (TPSA) is 185 Å². The molecule has 0 heterocycles. The zero-order valence-corrected chi connectivity index (χ0v) is 22.0. The summed E-state index contributed by atoms with van der Waals surface area (Å²) >= 11 is 0. The minimum absolute atomic E-state index is 0.0739. The molecule has 0 fully saturated rings. The molecule has 0 bridgehead atoms. The largest absolute Gasteiger partial charge is 0.506 e. The number of phenolic OH excluding ortho intramolecular Hbond substituents is 4. The summed E-state index contributed by atoms with van der Waals surface area (Å²) < 4.78 is 0. The number of nitrogens with two attached hydrogens (primary N) is 4. The number of anilines is 4. The Morgan fingerprint density at radius 1 is 0.395 bits per heavy atom. The van der Waals surface area contributed by atoms with Crippen LogP contribution >= 0.6 is 0 Å². The van der Waals surface area contributed by atoms with E-state index in [0.717, 1.165) is 22.3 Å². The summed E-state index contributed by atoms with van der Waals surface area (Å²) in [5, 5.41) is 37.9. The molecule has 0 radical (unpaired) electrons. The van der Waals surface area contributed by atoms with E-state index < -0.39 is 0 Å². The molecule has 4 rings (SSSR count). The maximum Gasteiger partial charge on any atom is 0.138 e. The number of hydrogen-bond acceptors (Lipinski definition) is 8. The number of nitrogen functional groups attached to an aromatic ring is 4. The molecule has 200 valence electrons. The van der Waals surface area contributed by atoms with Crippen LogP contribution in [-0.4, -0.2) is 20.4 Å². The van der Waals surface area contributed by atoms with E-state index in [9.17, 15) is 20.4 Å². The van der Waals surface area contributed by atoms with Crippen molar-refractivity contribution in [3.63, 3.8) is 0 Å². The summed E-state index contributed by atoms with van der Waals surface area (Å²) in [7, 11) is 0. The molecule has 0 unspecified atom stereocenters. The molecule has 0 amide bonds. The molecular weight excluding hydrogens is 480 g/mol. The fourth-order valence-corrected chi connectivity index (χ4v) is 4.11. The highest BCUT2D eigenvalue weighted by molar-refractivity contribution is 5.60. The number of benzene rings is 4. The lowest BCUT2D eigenvalue weighted by molar-refractivity contribution is 0.475. The smallest absolute Gasteiger partial charge is 0.138 e. The van der Waals surface area contributed by atoms with E-state index in [1.807, 2.05) is 52.0 Å². The number of phenols is 4. The van der Waals surface area contributed by atoms with Crippen LogP contribution in [0.3, 0.4) is 0 Å². The molecule has 8 heteroatoms. The zero-order valence-electron chi connectivity index (χ0n) is 22.0. The van der Waals surface area contributed by atoms with Gasteiger partial charge in [-0.25, -0.2) is 0 Å². The Labute approximate surface area is 222 Å². The maximum absolute atomic E-state index is 9.48. The first-order chi connectivity index (χ1) is 17.6. The molecule has 8 nitrogen and oxygen atoms in total. The van der Waals surface area contributed by atoms with Crippen LogP contribution in [0.15, 0.2) is 72.8 Å². The molecule has 0 saturated carbocycles. The van der Waals surface area contributed by atoms with Gasteiger partial charge in [0.2, 0.25) is 0 Å². The monoisotopic (exact) mass is 516 g/mol. The van der Waals surface area contributed by atoms with Gasteiger partial charge in [-0.1, -0.05) is 52.0 Å². The van der Waals surface area contributed by atoms with Gasteiger partial charge in [0.1, 0.15) is 23.0 Å². The third-order valence-electron chi connectivity index (χ3n) is 7.00. The van der Waals surface area contributed by atoms with Gasteiger partial charge in [0, 0.05) is 10.8 Å². The molecule has 0 atom stereocenters. The summed E-state index contributed by atoms with van der Waals surface area (Å²) in [5.41, 5.74) is 27.5. The van der Waals surface area contributed by atoms with E-state index in [1.165, 1.54) is 0 Å². The zero-order chi connectivity index (χ0) is 28.4. The summed E-state index contributed by atoms with van der Waals surface area (Å²) in [5.74, 6) is 0.295. The molecule has 0 spiro atoms. The first-order valence-corrected chi connectivity index (χ1v) is 12.0. The van der Waals surface area contributed by atoms with E-state index in [4.69, 9.17) is 22.9 Å². The molecule has 0 aromatic heterocycles. The predicted molar refractivity (Wildman–Crippen MR) is 154 cm³/mol. The standard InChI is InChI=1S/2C15H18N2O2/c2*1-15(2,9-3-5-13(18)11(16)7-9)10-4-6-14(19)12(17)8-10/h2*3-8,18-19H,16-17H2,1-2H3. The van der Waals surface area contributed by atoms with Crippen molar-refractivity contribution in [2.45, 2.75) is 38.5 Å². The van der Waals surface area contributed by atoms with Crippen molar-refractivity contribution < 1.29 is 20.4 Å². The first-order valence-electron chi connectivity index (χ1n) is 12.0. The van der Waals surface area contributed by atoms with Crippen LogP contribution in [0.1, 0.15) is 49.9 Å². The second kappa shape index (κ2) is 10.3. The average Bonchev–Trinajstić information content (AvgIpc) is 2.86.